The highest BCUT2D eigenvalue weighted by molar-refractivity contribution is 4.85. The molecule has 2 heteroatoms. The molecular weight excluding hydrogens is 162 g/mol. The normalized spacial score (nSPS) is 37.6. The van der Waals surface area contributed by atoms with Crippen LogP contribution in [0.2, 0.25) is 0 Å². The Hall–Kier alpha value is -0.0800. The third kappa shape index (κ3) is 2.23. The number of nitrogens with zero attached hydrogens (tertiary/aromatic N) is 1. The number of aliphatic hydroxyl groups is 1. The van der Waals surface area contributed by atoms with E-state index in [9.17, 15) is 5.11 Å². The van der Waals surface area contributed by atoms with E-state index in [2.05, 4.69) is 4.90 Å². The summed E-state index contributed by atoms with van der Waals surface area (Å²) < 4.78 is 0. The first-order valence-corrected chi connectivity index (χ1v) is 5.80. The molecule has 1 aliphatic heterocycles. The zero-order chi connectivity index (χ0) is 9.10. The third-order valence-corrected chi connectivity index (χ3v) is 3.55. The molecule has 1 N–H and O–H groups in total. The molecule has 1 heterocycles. The summed E-state index contributed by atoms with van der Waals surface area (Å²) in [5.41, 5.74) is 0. The maximum Gasteiger partial charge on any atom is 0.0695 e. The van der Waals surface area contributed by atoms with Crippen molar-refractivity contribution in [2.45, 2.75) is 57.1 Å². The van der Waals surface area contributed by atoms with Gasteiger partial charge in [-0.15, -0.1) is 0 Å². The van der Waals surface area contributed by atoms with Crippen LogP contribution in [0.15, 0.2) is 0 Å². The molecule has 1 aliphatic carbocycles. The summed E-state index contributed by atoms with van der Waals surface area (Å²) in [4.78, 5) is 2.53. The van der Waals surface area contributed by atoms with Gasteiger partial charge in [-0.25, -0.2) is 0 Å². The Balaban J connectivity index is 1.89. The lowest BCUT2D eigenvalue weighted by Crippen LogP contribution is -2.40. The summed E-state index contributed by atoms with van der Waals surface area (Å²) in [5, 5.41) is 9.79. The van der Waals surface area contributed by atoms with Crippen molar-refractivity contribution in [1.29, 1.82) is 0 Å². The molecular formula is C11H21NO. The van der Waals surface area contributed by atoms with Crippen LogP contribution in [0.5, 0.6) is 0 Å². The maximum atomic E-state index is 9.79. The monoisotopic (exact) mass is 183 g/mol. The molecule has 1 saturated heterocycles. The molecule has 2 rings (SSSR count). The average molecular weight is 183 g/mol. The molecule has 1 saturated carbocycles. The van der Waals surface area contributed by atoms with Gasteiger partial charge < -0.3 is 5.11 Å². The van der Waals surface area contributed by atoms with Crippen molar-refractivity contribution in [3.05, 3.63) is 0 Å². The highest BCUT2D eigenvalue weighted by Crippen LogP contribution is 2.26. The summed E-state index contributed by atoms with van der Waals surface area (Å²) in [6.07, 6.45) is 8.90. The van der Waals surface area contributed by atoms with Crippen LogP contribution < -0.4 is 0 Å². The Morgan fingerprint density at radius 2 is 1.54 bits per heavy atom. The Bertz CT molecular complexity index is 152. The number of aliphatic hydroxyl groups excluding tert-OH is 1. The van der Waals surface area contributed by atoms with Crippen molar-refractivity contribution < 1.29 is 5.11 Å². The lowest BCUT2D eigenvalue weighted by atomic mass is 10.1. The molecule has 76 valence electrons. The first-order chi connectivity index (χ1) is 6.38. The van der Waals surface area contributed by atoms with Crippen molar-refractivity contribution >= 4 is 0 Å². The van der Waals surface area contributed by atoms with E-state index in [-0.39, 0.29) is 6.10 Å². The quantitative estimate of drug-likeness (QED) is 0.670. The molecule has 0 bridgehead atoms. The SMILES string of the molecule is O[C@@H]1CCC[C@H]1N1CCCCCC1. The van der Waals surface area contributed by atoms with Gasteiger partial charge in [-0.05, 0) is 45.2 Å². The van der Waals surface area contributed by atoms with Crippen molar-refractivity contribution in [1.82, 2.24) is 4.90 Å². The van der Waals surface area contributed by atoms with E-state index in [0.29, 0.717) is 6.04 Å². The Labute approximate surface area is 80.9 Å². The summed E-state index contributed by atoms with van der Waals surface area (Å²) in [5.74, 6) is 0. The van der Waals surface area contributed by atoms with Crippen LogP contribution in [0.3, 0.4) is 0 Å². The Morgan fingerprint density at radius 3 is 2.08 bits per heavy atom. The third-order valence-electron chi connectivity index (χ3n) is 3.55. The van der Waals surface area contributed by atoms with E-state index in [1.807, 2.05) is 0 Å². The molecule has 0 radical (unpaired) electrons. The van der Waals surface area contributed by atoms with E-state index < -0.39 is 0 Å². The van der Waals surface area contributed by atoms with Gasteiger partial charge in [0.05, 0.1) is 6.10 Å². The minimum Gasteiger partial charge on any atom is -0.391 e. The zero-order valence-electron chi connectivity index (χ0n) is 8.41. The molecule has 2 atom stereocenters. The van der Waals surface area contributed by atoms with Gasteiger partial charge >= 0.3 is 0 Å². The minimum atomic E-state index is -0.0295. The second-order valence-corrected chi connectivity index (χ2v) is 4.52. The van der Waals surface area contributed by atoms with Crippen molar-refractivity contribution in [2.75, 3.05) is 13.1 Å². The summed E-state index contributed by atoms with van der Waals surface area (Å²) >= 11 is 0. The van der Waals surface area contributed by atoms with Crippen LogP contribution in [-0.2, 0) is 0 Å². The van der Waals surface area contributed by atoms with Crippen LogP contribution in [0.1, 0.15) is 44.9 Å². The molecule has 0 spiro atoms. The van der Waals surface area contributed by atoms with Gasteiger partial charge in [0.2, 0.25) is 0 Å². The maximum absolute atomic E-state index is 9.79. The molecule has 13 heavy (non-hydrogen) atoms. The van der Waals surface area contributed by atoms with E-state index in [1.54, 1.807) is 0 Å². The fraction of sp³-hybridized carbons (Fsp3) is 1.00. The molecule has 0 unspecified atom stereocenters. The van der Waals surface area contributed by atoms with Crippen molar-refractivity contribution in [2.24, 2.45) is 0 Å². The van der Waals surface area contributed by atoms with E-state index in [4.69, 9.17) is 0 Å². The van der Waals surface area contributed by atoms with Crippen LogP contribution in [-0.4, -0.2) is 35.2 Å². The summed E-state index contributed by atoms with van der Waals surface area (Å²) in [6.45, 7) is 2.45. The average Bonchev–Trinajstić information content (AvgIpc) is 2.43. The summed E-state index contributed by atoms with van der Waals surface area (Å²) in [6, 6.07) is 0.498. The first-order valence-electron chi connectivity index (χ1n) is 5.80. The molecule has 0 amide bonds. The first kappa shape index (κ1) is 9.47. The fourth-order valence-corrected chi connectivity index (χ4v) is 2.77. The minimum absolute atomic E-state index is 0.0295. The van der Waals surface area contributed by atoms with E-state index in [1.165, 1.54) is 51.6 Å². The molecule has 2 aliphatic rings. The highest BCUT2D eigenvalue weighted by Gasteiger charge is 2.30. The molecule has 2 nitrogen and oxygen atoms in total. The Morgan fingerprint density at radius 1 is 0.846 bits per heavy atom. The topological polar surface area (TPSA) is 23.5 Å². The van der Waals surface area contributed by atoms with Crippen molar-refractivity contribution in [3.63, 3.8) is 0 Å². The van der Waals surface area contributed by atoms with Crippen LogP contribution in [0, 0.1) is 0 Å². The van der Waals surface area contributed by atoms with E-state index >= 15 is 0 Å². The van der Waals surface area contributed by atoms with Crippen LogP contribution in [0.4, 0.5) is 0 Å². The lowest BCUT2D eigenvalue weighted by Gasteiger charge is -2.29. The smallest absolute Gasteiger partial charge is 0.0695 e. The molecule has 0 aromatic heterocycles. The molecule has 2 fully saturated rings. The molecule has 0 aromatic carbocycles. The lowest BCUT2D eigenvalue weighted by molar-refractivity contribution is 0.0728. The number of likely N-dealkylation sites (tertiary alicyclic amines) is 1. The van der Waals surface area contributed by atoms with Gasteiger partial charge in [-0.3, -0.25) is 4.90 Å². The van der Waals surface area contributed by atoms with Gasteiger partial charge in [0.15, 0.2) is 0 Å². The number of hydrogen-bond donors (Lipinski definition) is 1. The standard InChI is InChI=1S/C11H21NO/c13-11-7-5-6-10(11)12-8-3-1-2-4-9-12/h10-11,13H,1-9H2/t10-,11-/m1/s1. The molecule has 0 aromatic rings. The second-order valence-electron chi connectivity index (χ2n) is 4.52. The largest absolute Gasteiger partial charge is 0.391 e. The zero-order valence-corrected chi connectivity index (χ0v) is 8.41. The Kier molecular flexibility index (Phi) is 3.23. The van der Waals surface area contributed by atoms with E-state index in [0.717, 1.165) is 6.42 Å². The van der Waals surface area contributed by atoms with Crippen LogP contribution >= 0.6 is 0 Å². The number of hydrogen-bond acceptors (Lipinski definition) is 2. The van der Waals surface area contributed by atoms with Crippen molar-refractivity contribution in [3.8, 4) is 0 Å². The van der Waals surface area contributed by atoms with Gasteiger partial charge in [-0.1, -0.05) is 12.8 Å². The number of rotatable bonds is 1. The second kappa shape index (κ2) is 4.43. The van der Waals surface area contributed by atoms with Gasteiger partial charge in [-0.2, -0.15) is 0 Å². The fourth-order valence-electron chi connectivity index (χ4n) is 2.77. The van der Waals surface area contributed by atoms with Gasteiger partial charge in [0.1, 0.15) is 0 Å². The predicted molar refractivity (Wildman–Crippen MR) is 53.7 cm³/mol. The van der Waals surface area contributed by atoms with Gasteiger partial charge in [0, 0.05) is 6.04 Å². The predicted octanol–water partition coefficient (Wildman–Crippen LogP) is 1.78. The van der Waals surface area contributed by atoms with Gasteiger partial charge in [0.25, 0.3) is 0 Å². The van der Waals surface area contributed by atoms with Crippen LogP contribution in [0.25, 0.3) is 0 Å². The summed E-state index contributed by atoms with van der Waals surface area (Å²) in [7, 11) is 0. The highest BCUT2D eigenvalue weighted by atomic mass is 16.3.